The first-order valence-electron chi connectivity index (χ1n) is 7.48. The fourth-order valence-corrected chi connectivity index (χ4v) is 2.13. The van der Waals surface area contributed by atoms with Crippen molar-refractivity contribution >= 4 is 0 Å². The Balaban J connectivity index is 2.33. The third kappa shape index (κ3) is 6.49. The first-order chi connectivity index (χ1) is 9.29. The second kappa shape index (κ2) is 7.75. The zero-order valence-electron chi connectivity index (χ0n) is 13.5. The summed E-state index contributed by atoms with van der Waals surface area (Å²) in [7, 11) is 2.06. The van der Waals surface area contributed by atoms with Crippen molar-refractivity contribution in [2.24, 2.45) is 0 Å². The Morgan fingerprint density at radius 3 is 2.50 bits per heavy atom. The van der Waals surface area contributed by atoms with E-state index in [1.165, 1.54) is 6.07 Å². The molecule has 0 saturated carbocycles. The van der Waals surface area contributed by atoms with E-state index in [2.05, 4.69) is 45.0 Å². The topological polar surface area (TPSA) is 15.3 Å². The number of benzene rings is 1. The lowest BCUT2D eigenvalue weighted by Gasteiger charge is -2.26. The van der Waals surface area contributed by atoms with Gasteiger partial charge in [0, 0.05) is 23.7 Å². The highest BCUT2D eigenvalue weighted by Gasteiger charge is 2.12. The van der Waals surface area contributed by atoms with E-state index in [0.717, 1.165) is 24.9 Å². The van der Waals surface area contributed by atoms with Crippen LogP contribution >= 0.6 is 0 Å². The van der Waals surface area contributed by atoms with Crippen molar-refractivity contribution in [1.29, 1.82) is 0 Å². The average Bonchev–Trinajstić information content (AvgIpc) is 2.36. The molecule has 1 atom stereocenters. The first-order valence-corrected chi connectivity index (χ1v) is 7.48. The summed E-state index contributed by atoms with van der Waals surface area (Å²) in [5.74, 6) is -0.110. The molecule has 0 saturated heterocycles. The molecule has 0 spiro atoms. The number of nitrogens with one attached hydrogen (secondary N) is 1. The monoisotopic (exact) mass is 280 g/mol. The van der Waals surface area contributed by atoms with Gasteiger partial charge in [-0.05, 0) is 60.2 Å². The molecule has 1 aromatic rings. The summed E-state index contributed by atoms with van der Waals surface area (Å²) in [6.07, 6.45) is 2.26. The van der Waals surface area contributed by atoms with Crippen LogP contribution < -0.4 is 5.32 Å². The number of hydrogen-bond acceptors (Lipinski definition) is 2. The van der Waals surface area contributed by atoms with Crippen molar-refractivity contribution in [3.05, 3.63) is 35.6 Å². The molecule has 0 aliphatic heterocycles. The van der Waals surface area contributed by atoms with Crippen molar-refractivity contribution in [3.63, 3.8) is 0 Å². The molecule has 3 heteroatoms. The van der Waals surface area contributed by atoms with Gasteiger partial charge in [-0.25, -0.2) is 4.39 Å². The second-order valence-electron chi connectivity index (χ2n) is 6.67. The standard InChI is InChI=1S/C17H29FN2/c1-14(9-8-12-19-17(2,3)4)20(5)13-15-10-6-7-11-16(15)18/h6-7,10-11,14,19H,8-9,12-13H2,1-5H3. The molecule has 0 heterocycles. The smallest absolute Gasteiger partial charge is 0.127 e. The van der Waals surface area contributed by atoms with Crippen molar-refractivity contribution in [2.45, 2.75) is 58.7 Å². The van der Waals surface area contributed by atoms with E-state index in [9.17, 15) is 4.39 Å². The molecule has 0 amide bonds. The first kappa shape index (κ1) is 17.1. The van der Waals surface area contributed by atoms with Crippen LogP contribution in [-0.4, -0.2) is 30.1 Å². The van der Waals surface area contributed by atoms with Gasteiger partial charge in [-0.3, -0.25) is 4.90 Å². The summed E-state index contributed by atoms with van der Waals surface area (Å²) in [5.41, 5.74) is 0.956. The Labute approximate surface area is 123 Å². The van der Waals surface area contributed by atoms with E-state index >= 15 is 0 Å². The summed E-state index contributed by atoms with van der Waals surface area (Å²) >= 11 is 0. The van der Waals surface area contributed by atoms with E-state index < -0.39 is 0 Å². The van der Waals surface area contributed by atoms with Gasteiger partial charge in [0.2, 0.25) is 0 Å². The zero-order chi connectivity index (χ0) is 15.2. The Bertz CT molecular complexity index is 398. The number of halogens is 1. The lowest BCUT2D eigenvalue weighted by molar-refractivity contribution is 0.230. The minimum Gasteiger partial charge on any atom is -0.312 e. The molecule has 1 unspecified atom stereocenters. The second-order valence-corrected chi connectivity index (χ2v) is 6.67. The van der Waals surface area contributed by atoms with E-state index in [0.29, 0.717) is 12.6 Å². The summed E-state index contributed by atoms with van der Waals surface area (Å²) in [5, 5.41) is 3.50. The molecule has 0 fully saturated rings. The maximum atomic E-state index is 13.6. The van der Waals surface area contributed by atoms with Crippen LogP contribution in [0.2, 0.25) is 0 Å². The molecule has 2 nitrogen and oxygen atoms in total. The minimum atomic E-state index is -0.110. The van der Waals surface area contributed by atoms with Gasteiger partial charge in [0.15, 0.2) is 0 Å². The van der Waals surface area contributed by atoms with Gasteiger partial charge in [-0.2, -0.15) is 0 Å². The van der Waals surface area contributed by atoms with Gasteiger partial charge in [0.1, 0.15) is 5.82 Å². The Kier molecular flexibility index (Phi) is 6.63. The van der Waals surface area contributed by atoms with Crippen LogP contribution in [0.5, 0.6) is 0 Å². The fourth-order valence-electron chi connectivity index (χ4n) is 2.13. The van der Waals surface area contributed by atoms with Crippen LogP contribution in [-0.2, 0) is 6.54 Å². The van der Waals surface area contributed by atoms with Crippen molar-refractivity contribution in [2.75, 3.05) is 13.6 Å². The number of hydrogen-bond donors (Lipinski definition) is 1. The Morgan fingerprint density at radius 2 is 1.90 bits per heavy atom. The molecule has 0 bridgehead atoms. The lowest BCUT2D eigenvalue weighted by Crippen LogP contribution is -2.37. The molecule has 1 N–H and O–H groups in total. The van der Waals surface area contributed by atoms with E-state index in [1.54, 1.807) is 6.07 Å². The predicted octanol–water partition coefficient (Wildman–Crippen LogP) is 3.81. The lowest BCUT2D eigenvalue weighted by atomic mass is 10.1. The zero-order valence-corrected chi connectivity index (χ0v) is 13.5. The molecule has 0 aliphatic carbocycles. The summed E-state index contributed by atoms with van der Waals surface area (Å²) in [6, 6.07) is 7.47. The van der Waals surface area contributed by atoms with E-state index in [-0.39, 0.29) is 11.4 Å². The Morgan fingerprint density at radius 1 is 1.25 bits per heavy atom. The molecule has 1 rings (SSSR count). The maximum absolute atomic E-state index is 13.6. The van der Waals surface area contributed by atoms with Crippen molar-refractivity contribution < 1.29 is 4.39 Å². The molecule has 114 valence electrons. The summed E-state index contributed by atoms with van der Waals surface area (Å²) in [4.78, 5) is 2.22. The number of rotatable bonds is 7. The third-order valence-corrected chi connectivity index (χ3v) is 3.58. The third-order valence-electron chi connectivity index (χ3n) is 3.58. The van der Waals surface area contributed by atoms with Gasteiger partial charge in [-0.15, -0.1) is 0 Å². The molecular weight excluding hydrogens is 251 g/mol. The Hall–Kier alpha value is -0.930. The minimum absolute atomic E-state index is 0.110. The van der Waals surface area contributed by atoms with Gasteiger partial charge in [0.25, 0.3) is 0 Å². The largest absolute Gasteiger partial charge is 0.312 e. The summed E-state index contributed by atoms with van der Waals surface area (Å²) < 4.78 is 13.6. The fraction of sp³-hybridized carbons (Fsp3) is 0.647. The van der Waals surface area contributed by atoms with Gasteiger partial charge >= 0.3 is 0 Å². The number of nitrogens with zero attached hydrogens (tertiary/aromatic N) is 1. The van der Waals surface area contributed by atoms with Gasteiger partial charge < -0.3 is 5.32 Å². The molecule has 0 radical (unpaired) electrons. The van der Waals surface area contributed by atoms with Crippen LogP contribution in [0.15, 0.2) is 24.3 Å². The highest BCUT2D eigenvalue weighted by Crippen LogP contribution is 2.13. The van der Waals surface area contributed by atoms with Crippen LogP contribution in [0.4, 0.5) is 4.39 Å². The summed E-state index contributed by atoms with van der Waals surface area (Å²) in [6.45, 7) is 10.4. The molecular formula is C17H29FN2. The van der Waals surface area contributed by atoms with Crippen LogP contribution in [0.3, 0.4) is 0 Å². The molecule has 0 aliphatic rings. The van der Waals surface area contributed by atoms with E-state index in [4.69, 9.17) is 0 Å². The normalized spacial score (nSPS) is 13.8. The van der Waals surface area contributed by atoms with Crippen molar-refractivity contribution in [1.82, 2.24) is 10.2 Å². The van der Waals surface area contributed by atoms with Gasteiger partial charge in [0.05, 0.1) is 0 Å². The van der Waals surface area contributed by atoms with Gasteiger partial charge in [-0.1, -0.05) is 18.2 Å². The quantitative estimate of drug-likeness (QED) is 0.764. The molecule has 1 aromatic carbocycles. The maximum Gasteiger partial charge on any atom is 0.127 e. The average molecular weight is 280 g/mol. The molecule has 0 aromatic heterocycles. The van der Waals surface area contributed by atoms with Crippen molar-refractivity contribution in [3.8, 4) is 0 Å². The highest BCUT2D eigenvalue weighted by molar-refractivity contribution is 5.17. The van der Waals surface area contributed by atoms with Crippen LogP contribution in [0, 0.1) is 5.82 Å². The van der Waals surface area contributed by atoms with E-state index in [1.807, 2.05) is 12.1 Å². The highest BCUT2D eigenvalue weighted by atomic mass is 19.1. The van der Waals surface area contributed by atoms with Crippen LogP contribution in [0.25, 0.3) is 0 Å². The molecule has 20 heavy (non-hydrogen) atoms. The SMILES string of the molecule is CC(CCCNC(C)(C)C)N(C)Cc1ccccc1F. The van der Waals surface area contributed by atoms with Crippen LogP contribution in [0.1, 0.15) is 46.1 Å². The predicted molar refractivity (Wildman–Crippen MR) is 84.3 cm³/mol.